The van der Waals surface area contributed by atoms with Crippen LogP contribution >= 0.6 is 11.9 Å². The minimum atomic E-state index is -2.20. The summed E-state index contributed by atoms with van der Waals surface area (Å²) in [6.45, 7) is 1.65. The predicted molar refractivity (Wildman–Crippen MR) is 60.0 cm³/mol. The summed E-state index contributed by atoms with van der Waals surface area (Å²) < 4.78 is 66.6. The van der Waals surface area contributed by atoms with Gasteiger partial charge in [0.05, 0.1) is 6.04 Å². The van der Waals surface area contributed by atoms with Crippen LogP contribution in [0.1, 0.15) is 13.3 Å². The van der Waals surface area contributed by atoms with E-state index in [1.807, 2.05) is 0 Å². The fraction of sp³-hybridized carbons (Fsp3) is 0.364. The molecule has 0 amide bonds. The molecule has 8 heteroatoms. The van der Waals surface area contributed by atoms with E-state index in [-0.39, 0.29) is 0 Å². The molecular weight excluding hydrogens is 289 g/mol. The molecule has 0 saturated carbocycles. The van der Waals surface area contributed by atoms with Gasteiger partial charge in [0.15, 0.2) is 23.3 Å². The molecular formula is C11H10F5NOS. The van der Waals surface area contributed by atoms with Crippen molar-refractivity contribution in [2.75, 3.05) is 7.05 Å². The Morgan fingerprint density at radius 3 is 1.84 bits per heavy atom. The van der Waals surface area contributed by atoms with Gasteiger partial charge in [-0.3, -0.25) is 0 Å². The van der Waals surface area contributed by atoms with Gasteiger partial charge in [-0.15, -0.1) is 0 Å². The number of carbonyl (C=O) groups excluding carboxylic acids is 1. The molecule has 0 aliphatic rings. The molecule has 0 aromatic heterocycles. The number of halogens is 5. The second-order valence-corrected chi connectivity index (χ2v) is 4.81. The Labute approximate surface area is 110 Å². The van der Waals surface area contributed by atoms with Crippen LogP contribution in [0.25, 0.3) is 0 Å². The number of hydrogen-bond donors (Lipinski definition) is 0. The van der Waals surface area contributed by atoms with E-state index in [4.69, 9.17) is 0 Å². The van der Waals surface area contributed by atoms with E-state index in [2.05, 4.69) is 0 Å². The third-order valence-electron chi connectivity index (χ3n) is 2.45. The number of likely N-dealkylation sites (N-methyl/N-ethyl adjacent to an activating group) is 1. The maximum atomic E-state index is 13.4. The molecule has 1 rings (SSSR count). The van der Waals surface area contributed by atoms with Gasteiger partial charge in [0, 0.05) is 0 Å². The number of nitrogens with zero attached hydrogens (tertiary/aromatic N) is 1. The lowest BCUT2D eigenvalue weighted by Gasteiger charge is -2.21. The minimum Gasteiger partial charge on any atom is -0.302 e. The lowest BCUT2D eigenvalue weighted by Crippen LogP contribution is -2.26. The Kier molecular flexibility index (Phi) is 5.30. The largest absolute Gasteiger partial charge is 0.302 e. The van der Waals surface area contributed by atoms with Crippen molar-refractivity contribution in [1.82, 2.24) is 4.31 Å². The van der Waals surface area contributed by atoms with Crippen LogP contribution in [0.4, 0.5) is 22.0 Å². The first-order valence-corrected chi connectivity index (χ1v) is 5.99. The molecule has 0 saturated heterocycles. The summed E-state index contributed by atoms with van der Waals surface area (Å²) >= 11 is 0.297. The molecule has 2 nitrogen and oxygen atoms in total. The number of carbonyl (C=O) groups is 1. The van der Waals surface area contributed by atoms with Gasteiger partial charge in [0.25, 0.3) is 0 Å². The van der Waals surface area contributed by atoms with Crippen LogP contribution in [0, 0.1) is 29.1 Å². The summed E-state index contributed by atoms with van der Waals surface area (Å²) in [5.41, 5.74) is 0. The van der Waals surface area contributed by atoms with E-state index < -0.39 is 40.0 Å². The highest BCUT2D eigenvalue weighted by Gasteiger charge is 2.28. The fourth-order valence-corrected chi connectivity index (χ4v) is 2.28. The van der Waals surface area contributed by atoms with Crippen LogP contribution in [0.3, 0.4) is 0 Å². The maximum Gasteiger partial charge on any atom is 0.200 e. The van der Waals surface area contributed by atoms with Crippen molar-refractivity contribution in [3.63, 3.8) is 0 Å². The summed E-state index contributed by atoms with van der Waals surface area (Å²) in [4.78, 5) is 9.65. The van der Waals surface area contributed by atoms with Crippen molar-refractivity contribution in [1.29, 1.82) is 0 Å². The van der Waals surface area contributed by atoms with Crippen LogP contribution in [0.15, 0.2) is 4.90 Å². The van der Waals surface area contributed by atoms with Crippen molar-refractivity contribution in [2.45, 2.75) is 24.3 Å². The van der Waals surface area contributed by atoms with Crippen LogP contribution in [-0.4, -0.2) is 23.7 Å². The number of aldehydes is 1. The fourth-order valence-electron chi connectivity index (χ4n) is 1.32. The third-order valence-corrected chi connectivity index (χ3v) is 3.55. The summed E-state index contributed by atoms with van der Waals surface area (Å²) in [7, 11) is 1.32. The molecule has 0 fully saturated rings. The van der Waals surface area contributed by atoms with Crippen LogP contribution in [0.2, 0.25) is 0 Å². The first-order valence-electron chi connectivity index (χ1n) is 5.22. The smallest absolute Gasteiger partial charge is 0.200 e. The molecule has 0 N–H and O–H groups in total. The number of hydrogen-bond acceptors (Lipinski definition) is 3. The third kappa shape index (κ3) is 3.06. The summed E-state index contributed by atoms with van der Waals surface area (Å²) in [5, 5.41) is 0. The van der Waals surface area contributed by atoms with E-state index in [1.54, 1.807) is 6.92 Å². The SMILES string of the molecule is CCC(C=O)N(C)Sc1c(F)c(F)c(F)c(F)c1F. The monoisotopic (exact) mass is 299 g/mol. The van der Waals surface area contributed by atoms with Crippen molar-refractivity contribution in [3.05, 3.63) is 29.1 Å². The molecule has 1 unspecified atom stereocenters. The van der Waals surface area contributed by atoms with Gasteiger partial charge in [0.1, 0.15) is 11.2 Å². The highest BCUT2D eigenvalue weighted by Crippen LogP contribution is 2.33. The summed E-state index contributed by atoms with van der Waals surface area (Å²) in [5.74, 6) is -10.0. The summed E-state index contributed by atoms with van der Waals surface area (Å²) in [6, 6.07) is -0.694. The van der Waals surface area contributed by atoms with Gasteiger partial charge < -0.3 is 4.79 Å². The molecule has 0 aliphatic carbocycles. The molecule has 0 radical (unpaired) electrons. The van der Waals surface area contributed by atoms with Crippen molar-refractivity contribution >= 4 is 18.2 Å². The first-order chi connectivity index (χ1) is 8.84. The average molecular weight is 299 g/mol. The van der Waals surface area contributed by atoms with Crippen molar-refractivity contribution in [2.24, 2.45) is 0 Å². The zero-order valence-corrected chi connectivity index (χ0v) is 10.8. The lowest BCUT2D eigenvalue weighted by molar-refractivity contribution is -0.110. The van der Waals surface area contributed by atoms with Gasteiger partial charge in [0.2, 0.25) is 5.82 Å². The van der Waals surface area contributed by atoms with E-state index in [0.717, 1.165) is 4.31 Å². The molecule has 106 valence electrons. The van der Waals surface area contributed by atoms with E-state index in [1.165, 1.54) is 7.05 Å². The van der Waals surface area contributed by atoms with E-state index >= 15 is 0 Å². The molecule has 0 aliphatic heterocycles. The van der Waals surface area contributed by atoms with Crippen LogP contribution in [0.5, 0.6) is 0 Å². The predicted octanol–water partition coefficient (Wildman–Crippen LogP) is 3.30. The number of rotatable bonds is 5. The Morgan fingerprint density at radius 2 is 1.47 bits per heavy atom. The lowest BCUT2D eigenvalue weighted by atomic mass is 10.3. The second kappa shape index (κ2) is 6.33. The highest BCUT2D eigenvalue weighted by atomic mass is 32.2. The van der Waals surface area contributed by atoms with Crippen LogP contribution in [-0.2, 0) is 4.79 Å². The van der Waals surface area contributed by atoms with Gasteiger partial charge in [-0.25, -0.2) is 26.3 Å². The zero-order chi connectivity index (χ0) is 14.7. The molecule has 1 atom stereocenters. The Bertz CT molecular complexity index is 467. The highest BCUT2D eigenvalue weighted by molar-refractivity contribution is 7.97. The van der Waals surface area contributed by atoms with Gasteiger partial charge >= 0.3 is 0 Å². The van der Waals surface area contributed by atoms with Gasteiger partial charge in [-0.1, -0.05) is 6.92 Å². The molecule has 0 spiro atoms. The van der Waals surface area contributed by atoms with E-state index in [0.29, 0.717) is 24.7 Å². The van der Waals surface area contributed by atoms with Gasteiger partial charge in [-0.2, -0.15) is 0 Å². The molecule has 1 aromatic rings. The number of benzene rings is 1. The Hall–Kier alpha value is -1.15. The average Bonchev–Trinajstić information content (AvgIpc) is 2.40. The molecule has 19 heavy (non-hydrogen) atoms. The quantitative estimate of drug-likeness (QED) is 0.273. The Balaban J connectivity index is 3.18. The molecule has 0 heterocycles. The maximum absolute atomic E-state index is 13.4. The van der Waals surface area contributed by atoms with Gasteiger partial charge in [-0.05, 0) is 25.4 Å². The normalized spacial score (nSPS) is 12.8. The second-order valence-electron chi connectivity index (χ2n) is 3.65. The van der Waals surface area contributed by atoms with Crippen molar-refractivity contribution in [3.8, 4) is 0 Å². The van der Waals surface area contributed by atoms with Crippen molar-refractivity contribution < 1.29 is 26.7 Å². The standard InChI is InChI=1S/C11H10F5NOS/c1-3-5(4-18)17(2)19-11-9(15)7(13)6(12)8(14)10(11)16/h4-5H,3H2,1-2H3. The zero-order valence-electron chi connectivity index (χ0n) is 10.0. The molecule has 1 aromatic carbocycles. The van der Waals surface area contributed by atoms with Crippen LogP contribution < -0.4 is 0 Å². The minimum absolute atomic E-state index is 0.297. The first kappa shape index (κ1) is 15.9. The summed E-state index contributed by atoms with van der Waals surface area (Å²) in [6.07, 6.45) is 0.863. The Morgan fingerprint density at radius 1 is 1.05 bits per heavy atom. The van der Waals surface area contributed by atoms with E-state index in [9.17, 15) is 26.7 Å². The topological polar surface area (TPSA) is 20.3 Å². The molecule has 0 bridgehead atoms.